The highest BCUT2D eigenvalue weighted by Gasteiger charge is 2.33. The molecule has 144 valence electrons. The first-order chi connectivity index (χ1) is 13.1. The summed E-state index contributed by atoms with van der Waals surface area (Å²) in [4.78, 5) is 0. The molecule has 2 aliphatic rings. The molecule has 0 radical (unpaired) electrons. The van der Waals surface area contributed by atoms with E-state index in [2.05, 4.69) is 66.9 Å². The van der Waals surface area contributed by atoms with E-state index >= 15 is 0 Å². The highest BCUT2D eigenvalue weighted by molar-refractivity contribution is 5.50. The molecule has 0 aliphatic carbocycles. The van der Waals surface area contributed by atoms with Gasteiger partial charge in [-0.2, -0.15) is 0 Å². The zero-order valence-electron chi connectivity index (χ0n) is 16.5. The topological polar surface area (TPSA) is 42.5 Å². The van der Waals surface area contributed by atoms with Crippen LogP contribution in [0, 0.1) is 0 Å². The largest absolute Gasteiger partial charge is 0.497 e. The molecular weight excluding hydrogens is 336 g/mol. The standard InChI is InChI=1S/C23H30N2O2/c1-23(2)14-17-12-19(26-3)13-18(22(17)27-23)15-25-20-10-7-11-24-21(20)16-8-5-4-6-9-16/h4-6,8-9,12-13,20-21,24-25H,7,10-11,14-15H2,1-3H3/t20-,21-/m0/s1. The van der Waals surface area contributed by atoms with Crippen molar-refractivity contribution in [3.8, 4) is 11.5 Å². The Labute approximate surface area is 162 Å². The van der Waals surface area contributed by atoms with Crippen LogP contribution in [0.3, 0.4) is 0 Å². The Balaban J connectivity index is 1.54. The van der Waals surface area contributed by atoms with E-state index in [0.29, 0.717) is 12.1 Å². The maximum Gasteiger partial charge on any atom is 0.128 e. The smallest absolute Gasteiger partial charge is 0.128 e. The second kappa shape index (κ2) is 7.53. The van der Waals surface area contributed by atoms with E-state index in [0.717, 1.165) is 31.0 Å². The third-order valence-corrected chi connectivity index (χ3v) is 5.62. The van der Waals surface area contributed by atoms with E-state index in [1.165, 1.54) is 29.5 Å². The van der Waals surface area contributed by atoms with Crippen LogP contribution in [-0.2, 0) is 13.0 Å². The van der Waals surface area contributed by atoms with Crippen molar-refractivity contribution in [2.24, 2.45) is 0 Å². The van der Waals surface area contributed by atoms with Gasteiger partial charge in [-0.25, -0.2) is 0 Å². The van der Waals surface area contributed by atoms with Crippen molar-refractivity contribution in [2.75, 3.05) is 13.7 Å². The summed E-state index contributed by atoms with van der Waals surface area (Å²) < 4.78 is 11.8. The molecule has 0 spiro atoms. The number of nitrogens with one attached hydrogen (secondary N) is 2. The van der Waals surface area contributed by atoms with E-state index < -0.39 is 0 Å². The summed E-state index contributed by atoms with van der Waals surface area (Å²) >= 11 is 0. The normalized spacial score (nSPS) is 23.5. The van der Waals surface area contributed by atoms with Crippen LogP contribution in [0.25, 0.3) is 0 Å². The Morgan fingerprint density at radius 3 is 2.81 bits per heavy atom. The number of benzene rings is 2. The molecule has 4 heteroatoms. The molecule has 0 saturated carbocycles. The van der Waals surface area contributed by atoms with Gasteiger partial charge in [0.05, 0.1) is 7.11 Å². The van der Waals surface area contributed by atoms with Crippen molar-refractivity contribution in [3.05, 3.63) is 59.2 Å². The molecule has 4 nitrogen and oxygen atoms in total. The fourth-order valence-corrected chi connectivity index (χ4v) is 4.36. The van der Waals surface area contributed by atoms with Crippen LogP contribution in [0.5, 0.6) is 11.5 Å². The molecule has 2 aromatic carbocycles. The molecule has 2 aliphatic heterocycles. The van der Waals surface area contributed by atoms with Crippen LogP contribution < -0.4 is 20.1 Å². The number of hydrogen-bond acceptors (Lipinski definition) is 4. The first-order valence-electron chi connectivity index (χ1n) is 9.96. The van der Waals surface area contributed by atoms with Crippen LogP contribution in [0.4, 0.5) is 0 Å². The summed E-state index contributed by atoms with van der Waals surface area (Å²) in [6.07, 6.45) is 3.29. The lowest BCUT2D eigenvalue weighted by Crippen LogP contribution is -2.45. The Morgan fingerprint density at radius 2 is 2.04 bits per heavy atom. The van der Waals surface area contributed by atoms with Crippen LogP contribution in [0.1, 0.15) is 49.4 Å². The Kier molecular flexibility index (Phi) is 5.11. The molecule has 0 amide bonds. The fourth-order valence-electron chi connectivity index (χ4n) is 4.36. The molecule has 2 atom stereocenters. The van der Waals surface area contributed by atoms with Gasteiger partial charge in [-0.3, -0.25) is 0 Å². The first-order valence-corrected chi connectivity index (χ1v) is 9.96. The third-order valence-electron chi connectivity index (χ3n) is 5.62. The molecule has 0 aromatic heterocycles. The van der Waals surface area contributed by atoms with Crippen molar-refractivity contribution in [1.29, 1.82) is 0 Å². The molecule has 1 saturated heterocycles. The van der Waals surface area contributed by atoms with Gasteiger partial charge in [0.1, 0.15) is 17.1 Å². The van der Waals surface area contributed by atoms with Gasteiger partial charge in [0.2, 0.25) is 0 Å². The summed E-state index contributed by atoms with van der Waals surface area (Å²) in [6.45, 7) is 6.15. The number of piperidine rings is 1. The first kappa shape index (κ1) is 18.3. The minimum atomic E-state index is -0.150. The van der Waals surface area contributed by atoms with E-state index in [9.17, 15) is 0 Å². The molecule has 4 rings (SSSR count). The van der Waals surface area contributed by atoms with E-state index in [-0.39, 0.29) is 5.60 Å². The minimum absolute atomic E-state index is 0.150. The number of fused-ring (bicyclic) bond motifs is 1. The van der Waals surface area contributed by atoms with Crippen molar-refractivity contribution in [1.82, 2.24) is 10.6 Å². The number of hydrogen-bond donors (Lipinski definition) is 2. The fraction of sp³-hybridized carbons (Fsp3) is 0.478. The van der Waals surface area contributed by atoms with E-state index in [4.69, 9.17) is 9.47 Å². The molecule has 0 bridgehead atoms. The van der Waals surface area contributed by atoms with Crippen LogP contribution in [0.2, 0.25) is 0 Å². The summed E-state index contributed by atoms with van der Waals surface area (Å²) in [7, 11) is 1.73. The van der Waals surface area contributed by atoms with Gasteiger partial charge < -0.3 is 20.1 Å². The number of ether oxygens (including phenoxy) is 2. The maximum atomic E-state index is 6.27. The van der Waals surface area contributed by atoms with Crippen molar-refractivity contribution in [3.63, 3.8) is 0 Å². The van der Waals surface area contributed by atoms with Crippen molar-refractivity contribution >= 4 is 0 Å². The van der Waals surface area contributed by atoms with Crippen molar-refractivity contribution < 1.29 is 9.47 Å². The lowest BCUT2D eigenvalue weighted by molar-refractivity contribution is 0.137. The van der Waals surface area contributed by atoms with Gasteiger partial charge in [-0.15, -0.1) is 0 Å². The molecular formula is C23H30N2O2. The molecule has 1 fully saturated rings. The molecule has 27 heavy (non-hydrogen) atoms. The van der Waals surface area contributed by atoms with E-state index in [1.54, 1.807) is 7.11 Å². The SMILES string of the molecule is COc1cc(CN[C@H]2CCCN[C@H]2c2ccccc2)c2c(c1)CC(C)(C)O2. The van der Waals surface area contributed by atoms with Gasteiger partial charge in [0, 0.05) is 36.2 Å². The Bertz CT molecular complexity index is 788. The van der Waals surface area contributed by atoms with E-state index in [1.807, 2.05) is 0 Å². The van der Waals surface area contributed by atoms with Crippen LogP contribution in [-0.4, -0.2) is 25.3 Å². The number of methoxy groups -OCH3 is 1. The predicted molar refractivity (Wildman–Crippen MR) is 108 cm³/mol. The van der Waals surface area contributed by atoms with Gasteiger partial charge in [-0.05, 0) is 50.9 Å². The average Bonchev–Trinajstić information content (AvgIpc) is 3.00. The zero-order chi connectivity index (χ0) is 18.9. The summed E-state index contributed by atoms with van der Waals surface area (Å²) in [5, 5.41) is 7.49. The second-order valence-electron chi connectivity index (χ2n) is 8.29. The molecule has 0 unspecified atom stereocenters. The third kappa shape index (κ3) is 3.97. The highest BCUT2D eigenvalue weighted by Crippen LogP contribution is 2.40. The van der Waals surface area contributed by atoms with Gasteiger partial charge in [0.15, 0.2) is 0 Å². The predicted octanol–water partition coefficient (Wildman–Crippen LogP) is 3.99. The van der Waals surface area contributed by atoms with Gasteiger partial charge in [0.25, 0.3) is 0 Å². The molecule has 2 heterocycles. The van der Waals surface area contributed by atoms with Gasteiger partial charge >= 0.3 is 0 Å². The summed E-state index contributed by atoms with van der Waals surface area (Å²) in [5.41, 5.74) is 3.63. The highest BCUT2D eigenvalue weighted by atomic mass is 16.5. The molecule has 2 N–H and O–H groups in total. The average molecular weight is 367 g/mol. The van der Waals surface area contributed by atoms with Crippen molar-refractivity contribution in [2.45, 2.75) is 57.3 Å². The Hall–Kier alpha value is -2.04. The monoisotopic (exact) mass is 366 g/mol. The molecule has 2 aromatic rings. The summed E-state index contributed by atoms with van der Waals surface area (Å²) in [5.74, 6) is 1.95. The lowest BCUT2D eigenvalue weighted by atomic mass is 9.92. The minimum Gasteiger partial charge on any atom is -0.497 e. The van der Waals surface area contributed by atoms with Crippen LogP contribution in [0.15, 0.2) is 42.5 Å². The quantitative estimate of drug-likeness (QED) is 0.840. The lowest BCUT2D eigenvalue weighted by Gasteiger charge is -2.34. The zero-order valence-corrected chi connectivity index (χ0v) is 16.5. The Morgan fingerprint density at radius 1 is 1.22 bits per heavy atom. The summed E-state index contributed by atoms with van der Waals surface area (Å²) in [6, 6.07) is 15.7. The second-order valence-corrected chi connectivity index (χ2v) is 8.29. The number of rotatable bonds is 5. The maximum absolute atomic E-state index is 6.27. The van der Waals surface area contributed by atoms with Gasteiger partial charge in [-0.1, -0.05) is 30.3 Å². The van der Waals surface area contributed by atoms with Crippen LogP contribution >= 0.6 is 0 Å².